The average molecular weight is 239 g/mol. The van der Waals surface area contributed by atoms with Gasteiger partial charge in [0.15, 0.2) is 5.82 Å². The summed E-state index contributed by atoms with van der Waals surface area (Å²) in [5.74, 6) is -0.853. The number of nitrogens with one attached hydrogen (secondary N) is 1. The molecule has 0 aromatic carbocycles. The minimum absolute atomic E-state index is 0.124. The molecule has 92 valence electrons. The lowest BCUT2D eigenvalue weighted by Gasteiger charge is -2.20. The fourth-order valence-electron chi connectivity index (χ4n) is 1.98. The molecule has 1 aromatic rings. The summed E-state index contributed by atoms with van der Waals surface area (Å²) in [5, 5.41) is 9.11. The van der Waals surface area contributed by atoms with E-state index in [-0.39, 0.29) is 11.9 Å². The highest BCUT2D eigenvalue weighted by Gasteiger charge is 2.38. The minimum atomic E-state index is -0.977. The van der Waals surface area contributed by atoms with Gasteiger partial charge in [-0.1, -0.05) is 0 Å². The largest absolute Gasteiger partial charge is 0.480 e. The number of aromatic nitrogens is 2. The lowest BCUT2D eigenvalue weighted by Crippen LogP contribution is -2.39. The van der Waals surface area contributed by atoms with Crippen molar-refractivity contribution in [3.8, 4) is 0 Å². The van der Waals surface area contributed by atoms with Gasteiger partial charge >= 0.3 is 5.97 Å². The lowest BCUT2D eigenvalue weighted by atomic mass is 10.2. The van der Waals surface area contributed by atoms with Gasteiger partial charge in [0.05, 0.1) is 6.10 Å². The molecule has 0 bridgehead atoms. The Hall–Kier alpha value is -1.89. The monoisotopic (exact) mass is 239 g/mol. The van der Waals surface area contributed by atoms with Gasteiger partial charge in [-0.05, 0) is 0 Å². The Morgan fingerprint density at radius 3 is 3.06 bits per heavy atom. The molecule has 2 heterocycles. The summed E-state index contributed by atoms with van der Waals surface area (Å²) >= 11 is 0. The molecule has 0 amide bonds. The number of aliphatic carboxylic acids is 1. The van der Waals surface area contributed by atoms with Gasteiger partial charge < -0.3 is 19.7 Å². The van der Waals surface area contributed by atoms with Crippen molar-refractivity contribution in [2.45, 2.75) is 18.6 Å². The molecule has 0 spiro atoms. The van der Waals surface area contributed by atoms with Crippen LogP contribution < -0.4 is 10.5 Å². The number of H-pyrrole nitrogens is 1. The third-order valence-electron chi connectivity index (χ3n) is 2.84. The van der Waals surface area contributed by atoms with Gasteiger partial charge in [0, 0.05) is 32.5 Å². The number of carboxylic acid groups (broad SMARTS) is 1. The van der Waals surface area contributed by atoms with Crippen LogP contribution in [0.2, 0.25) is 0 Å². The first kappa shape index (κ1) is 11.6. The summed E-state index contributed by atoms with van der Waals surface area (Å²) in [7, 11) is 1.52. The van der Waals surface area contributed by atoms with Crippen LogP contribution in [0.1, 0.15) is 6.42 Å². The van der Waals surface area contributed by atoms with Gasteiger partial charge in [0.2, 0.25) is 0 Å². The molecule has 0 aliphatic carbocycles. The molecule has 2 unspecified atom stereocenters. The van der Waals surface area contributed by atoms with Crippen molar-refractivity contribution < 1.29 is 14.6 Å². The van der Waals surface area contributed by atoms with E-state index in [0.29, 0.717) is 13.0 Å². The fraction of sp³-hybridized carbons (Fsp3) is 0.500. The molecular weight excluding hydrogens is 226 g/mol. The van der Waals surface area contributed by atoms with E-state index in [2.05, 4.69) is 9.97 Å². The zero-order chi connectivity index (χ0) is 12.4. The highest BCUT2D eigenvalue weighted by molar-refractivity contribution is 5.78. The number of carbonyl (C=O) groups is 1. The summed E-state index contributed by atoms with van der Waals surface area (Å²) in [4.78, 5) is 30.6. The summed E-state index contributed by atoms with van der Waals surface area (Å²) in [6.07, 6.45) is 2.99. The second kappa shape index (κ2) is 4.54. The standard InChI is InChI=1S/C10H13N3O4/c1-17-6-4-7(10(15)16)13(5-6)8-9(14)12-3-2-11-8/h2-3,6-7H,4-5H2,1H3,(H,12,14)(H,15,16). The number of hydrogen-bond acceptors (Lipinski definition) is 5. The smallest absolute Gasteiger partial charge is 0.326 e. The molecule has 2 N–H and O–H groups in total. The van der Waals surface area contributed by atoms with Gasteiger partial charge in [-0.2, -0.15) is 0 Å². The van der Waals surface area contributed by atoms with Crippen LogP contribution in [-0.4, -0.2) is 46.8 Å². The normalized spacial score (nSPS) is 23.9. The molecule has 2 atom stereocenters. The number of methoxy groups -OCH3 is 1. The van der Waals surface area contributed by atoms with Gasteiger partial charge in [-0.15, -0.1) is 0 Å². The van der Waals surface area contributed by atoms with Gasteiger partial charge in [-0.3, -0.25) is 4.79 Å². The van der Waals surface area contributed by atoms with Gasteiger partial charge in [0.25, 0.3) is 5.56 Å². The molecule has 1 aliphatic rings. The summed E-state index contributed by atoms with van der Waals surface area (Å²) in [5.41, 5.74) is -0.393. The van der Waals surface area contributed by atoms with Crippen molar-refractivity contribution in [3.63, 3.8) is 0 Å². The van der Waals surface area contributed by atoms with E-state index in [0.717, 1.165) is 0 Å². The Morgan fingerprint density at radius 1 is 1.71 bits per heavy atom. The molecule has 0 saturated carbocycles. The number of ether oxygens (including phenoxy) is 1. The van der Waals surface area contributed by atoms with Crippen LogP contribution >= 0.6 is 0 Å². The Kier molecular flexibility index (Phi) is 3.10. The van der Waals surface area contributed by atoms with E-state index in [1.165, 1.54) is 24.4 Å². The van der Waals surface area contributed by atoms with Gasteiger partial charge in [0.1, 0.15) is 6.04 Å². The van der Waals surface area contributed by atoms with Crippen LogP contribution in [0.15, 0.2) is 17.2 Å². The number of aromatic amines is 1. The maximum absolute atomic E-state index is 11.6. The molecule has 2 rings (SSSR count). The third kappa shape index (κ3) is 2.14. The van der Waals surface area contributed by atoms with Crippen LogP contribution in [0.5, 0.6) is 0 Å². The summed E-state index contributed by atoms with van der Waals surface area (Å²) in [6.45, 7) is 0.355. The minimum Gasteiger partial charge on any atom is -0.480 e. The molecule has 0 radical (unpaired) electrons. The van der Waals surface area contributed by atoms with Crippen molar-refractivity contribution in [2.75, 3.05) is 18.6 Å². The van der Waals surface area contributed by atoms with E-state index in [4.69, 9.17) is 9.84 Å². The zero-order valence-electron chi connectivity index (χ0n) is 9.29. The molecule has 1 saturated heterocycles. The Bertz CT molecular complexity index is 473. The first-order chi connectivity index (χ1) is 8.13. The predicted molar refractivity (Wildman–Crippen MR) is 59.0 cm³/mol. The van der Waals surface area contributed by atoms with Crippen molar-refractivity contribution in [2.24, 2.45) is 0 Å². The third-order valence-corrected chi connectivity index (χ3v) is 2.84. The number of nitrogens with zero attached hydrogens (tertiary/aromatic N) is 2. The fourth-order valence-corrected chi connectivity index (χ4v) is 1.98. The molecule has 1 aliphatic heterocycles. The zero-order valence-corrected chi connectivity index (χ0v) is 9.29. The maximum atomic E-state index is 11.6. The predicted octanol–water partition coefficient (Wildman–Crippen LogP) is -0.552. The van der Waals surface area contributed by atoms with Crippen LogP contribution in [0.3, 0.4) is 0 Å². The maximum Gasteiger partial charge on any atom is 0.326 e. The average Bonchev–Trinajstić information content (AvgIpc) is 2.73. The van der Waals surface area contributed by atoms with E-state index in [1.807, 2.05) is 0 Å². The number of rotatable bonds is 3. The Balaban J connectivity index is 2.33. The van der Waals surface area contributed by atoms with Crippen molar-refractivity contribution in [1.82, 2.24) is 9.97 Å². The highest BCUT2D eigenvalue weighted by atomic mass is 16.5. The Labute approximate surface area is 97.0 Å². The number of carboxylic acids is 1. The van der Waals surface area contributed by atoms with Crippen molar-refractivity contribution >= 4 is 11.8 Å². The molecule has 1 aromatic heterocycles. The van der Waals surface area contributed by atoms with Crippen molar-refractivity contribution in [1.29, 1.82) is 0 Å². The summed E-state index contributed by atoms with van der Waals surface area (Å²) in [6, 6.07) is -0.768. The van der Waals surface area contributed by atoms with Crippen molar-refractivity contribution in [3.05, 3.63) is 22.7 Å². The second-order valence-electron chi connectivity index (χ2n) is 3.84. The number of hydrogen-bond donors (Lipinski definition) is 2. The molecule has 7 heteroatoms. The lowest BCUT2D eigenvalue weighted by molar-refractivity contribution is -0.138. The highest BCUT2D eigenvalue weighted by Crippen LogP contribution is 2.23. The second-order valence-corrected chi connectivity index (χ2v) is 3.84. The van der Waals surface area contributed by atoms with E-state index in [9.17, 15) is 9.59 Å². The van der Waals surface area contributed by atoms with Crippen LogP contribution in [-0.2, 0) is 9.53 Å². The molecule has 1 fully saturated rings. The first-order valence-corrected chi connectivity index (χ1v) is 5.19. The molecule has 17 heavy (non-hydrogen) atoms. The molecular formula is C10H13N3O4. The van der Waals surface area contributed by atoms with E-state index in [1.54, 1.807) is 0 Å². The number of anilines is 1. The van der Waals surface area contributed by atoms with E-state index >= 15 is 0 Å². The van der Waals surface area contributed by atoms with Gasteiger partial charge in [-0.25, -0.2) is 9.78 Å². The molecule has 7 nitrogen and oxygen atoms in total. The van der Waals surface area contributed by atoms with Crippen LogP contribution in [0, 0.1) is 0 Å². The summed E-state index contributed by atoms with van der Waals surface area (Å²) < 4.78 is 5.14. The quantitative estimate of drug-likeness (QED) is 0.734. The topological polar surface area (TPSA) is 95.5 Å². The SMILES string of the molecule is COC1CC(C(=O)O)N(c2ncc[nH]c2=O)C1. The Morgan fingerprint density at radius 2 is 2.47 bits per heavy atom. The van der Waals surface area contributed by atoms with Crippen LogP contribution in [0.4, 0.5) is 5.82 Å². The first-order valence-electron chi connectivity index (χ1n) is 5.19. The van der Waals surface area contributed by atoms with E-state index < -0.39 is 17.6 Å². The van der Waals surface area contributed by atoms with Crippen LogP contribution in [0.25, 0.3) is 0 Å².